The fourth-order valence-electron chi connectivity index (χ4n) is 2.11. The van der Waals surface area contributed by atoms with Crippen molar-refractivity contribution in [3.05, 3.63) is 0 Å². The van der Waals surface area contributed by atoms with E-state index in [2.05, 4.69) is 11.2 Å². The lowest BCUT2D eigenvalue weighted by atomic mass is 10.2. The molecule has 1 N–H and O–H groups in total. The molecule has 1 atom stereocenters. The first kappa shape index (κ1) is 10.9. The first-order valence-electron chi connectivity index (χ1n) is 5.07. The van der Waals surface area contributed by atoms with Gasteiger partial charge in [-0.1, -0.05) is 5.92 Å². The zero-order valence-electron chi connectivity index (χ0n) is 8.52. The smallest absolute Gasteiger partial charge is 0.283 e. The van der Waals surface area contributed by atoms with Crippen LogP contribution in [0.5, 0.6) is 0 Å². The molecule has 0 amide bonds. The molecule has 2 aliphatic rings. The topological polar surface area (TPSA) is 52.6 Å². The van der Waals surface area contributed by atoms with Crippen LogP contribution in [0.2, 0.25) is 0 Å². The fraction of sp³-hybridized carbons (Fsp3) is 0.778. The van der Waals surface area contributed by atoms with Gasteiger partial charge in [0.1, 0.15) is 0 Å². The molecule has 0 bridgehead atoms. The van der Waals surface area contributed by atoms with Crippen molar-refractivity contribution >= 4 is 10.2 Å². The summed E-state index contributed by atoms with van der Waals surface area (Å²) in [7, 11) is -3.29. The molecule has 84 valence electrons. The Kier molecular flexibility index (Phi) is 2.98. The summed E-state index contributed by atoms with van der Waals surface area (Å²) in [4.78, 5) is 0. The lowest BCUT2D eigenvalue weighted by molar-refractivity contribution is 0.365. The molecular weight excluding hydrogens is 214 g/mol. The summed E-state index contributed by atoms with van der Waals surface area (Å²) in [5.74, 6) is 2.38. The zero-order valence-corrected chi connectivity index (χ0v) is 9.33. The first-order chi connectivity index (χ1) is 7.16. The van der Waals surface area contributed by atoms with Crippen LogP contribution in [0.3, 0.4) is 0 Å². The second kappa shape index (κ2) is 4.10. The number of nitrogens with zero attached hydrogens (tertiary/aromatic N) is 2. The Labute approximate surface area is 90.6 Å². The number of nitrogens with one attached hydrogen (secondary N) is 1. The van der Waals surface area contributed by atoms with Gasteiger partial charge in [0.15, 0.2) is 0 Å². The Morgan fingerprint density at radius 2 is 2.27 bits per heavy atom. The Bertz CT molecular complexity index is 367. The molecule has 2 aliphatic heterocycles. The van der Waals surface area contributed by atoms with Gasteiger partial charge in [0.25, 0.3) is 10.2 Å². The van der Waals surface area contributed by atoms with Crippen molar-refractivity contribution in [1.82, 2.24) is 13.9 Å². The van der Waals surface area contributed by atoms with Crippen LogP contribution in [0, 0.1) is 12.3 Å². The predicted octanol–water partition coefficient (Wildman–Crippen LogP) is -1.16. The standard InChI is InChI=1S/C9H15N3O2S/c1-2-5-11-6-7-12(15(11,13)14)9-3-4-10-8-9/h1,9-10H,3-8H2/t9-/m1/s1. The molecule has 5 nitrogen and oxygen atoms in total. The number of hydrogen-bond acceptors (Lipinski definition) is 3. The monoisotopic (exact) mass is 229 g/mol. The van der Waals surface area contributed by atoms with E-state index in [0.29, 0.717) is 13.1 Å². The van der Waals surface area contributed by atoms with E-state index in [4.69, 9.17) is 6.42 Å². The molecule has 0 spiro atoms. The summed E-state index contributed by atoms with van der Waals surface area (Å²) in [6.07, 6.45) is 6.03. The van der Waals surface area contributed by atoms with Gasteiger partial charge in [-0.3, -0.25) is 0 Å². The van der Waals surface area contributed by atoms with Gasteiger partial charge in [0, 0.05) is 25.7 Å². The highest BCUT2D eigenvalue weighted by atomic mass is 32.2. The molecule has 2 heterocycles. The van der Waals surface area contributed by atoms with Crippen molar-refractivity contribution in [2.75, 3.05) is 32.7 Å². The third kappa shape index (κ3) is 1.88. The molecule has 0 aromatic heterocycles. The Morgan fingerprint density at radius 1 is 1.47 bits per heavy atom. The predicted molar refractivity (Wildman–Crippen MR) is 57.3 cm³/mol. The summed E-state index contributed by atoms with van der Waals surface area (Å²) in [6, 6.07) is 0.109. The van der Waals surface area contributed by atoms with Gasteiger partial charge in [0.2, 0.25) is 0 Å². The van der Waals surface area contributed by atoms with E-state index in [0.717, 1.165) is 19.5 Å². The van der Waals surface area contributed by atoms with Crippen molar-refractivity contribution in [2.45, 2.75) is 12.5 Å². The largest absolute Gasteiger partial charge is 0.315 e. The molecular formula is C9H15N3O2S. The van der Waals surface area contributed by atoms with E-state index in [-0.39, 0.29) is 12.6 Å². The lowest BCUT2D eigenvalue weighted by Crippen LogP contribution is -2.41. The molecule has 0 aromatic carbocycles. The highest BCUT2D eigenvalue weighted by Gasteiger charge is 2.40. The minimum Gasteiger partial charge on any atom is -0.315 e. The van der Waals surface area contributed by atoms with Gasteiger partial charge >= 0.3 is 0 Å². The summed E-state index contributed by atoms with van der Waals surface area (Å²) in [5.41, 5.74) is 0. The molecule has 0 saturated carbocycles. The second-order valence-corrected chi connectivity index (χ2v) is 5.68. The maximum absolute atomic E-state index is 12.0. The lowest BCUT2D eigenvalue weighted by Gasteiger charge is -2.22. The van der Waals surface area contributed by atoms with Crippen LogP contribution in [0.4, 0.5) is 0 Å². The van der Waals surface area contributed by atoms with Crippen LogP contribution in [0.1, 0.15) is 6.42 Å². The SMILES string of the molecule is C#CCN1CCN([C@@H]2CCNC2)S1(=O)=O. The van der Waals surface area contributed by atoms with E-state index in [9.17, 15) is 8.42 Å². The number of hydrogen-bond donors (Lipinski definition) is 1. The maximum atomic E-state index is 12.0. The third-order valence-corrected chi connectivity index (χ3v) is 4.94. The van der Waals surface area contributed by atoms with Crippen molar-refractivity contribution < 1.29 is 8.42 Å². The van der Waals surface area contributed by atoms with E-state index < -0.39 is 10.2 Å². The van der Waals surface area contributed by atoms with Gasteiger partial charge in [-0.2, -0.15) is 17.0 Å². The van der Waals surface area contributed by atoms with E-state index in [1.165, 1.54) is 4.31 Å². The molecule has 15 heavy (non-hydrogen) atoms. The average molecular weight is 229 g/mol. The van der Waals surface area contributed by atoms with Gasteiger partial charge in [-0.05, 0) is 13.0 Å². The molecule has 0 radical (unpaired) electrons. The first-order valence-corrected chi connectivity index (χ1v) is 6.47. The van der Waals surface area contributed by atoms with Gasteiger partial charge in [-0.15, -0.1) is 6.42 Å². The molecule has 2 saturated heterocycles. The molecule has 0 aliphatic carbocycles. The quantitative estimate of drug-likeness (QED) is 0.608. The van der Waals surface area contributed by atoms with Crippen LogP contribution in [-0.2, 0) is 10.2 Å². The highest BCUT2D eigenvalue weighted by Crippen LogP contribution is 2.21. The van der Waals surface area contributed by atoms with Crippen molar-refractivity contribution in [1.29, 1.82) is 0 Å². The summed E-state index contributed by atoms with van der Waals surface area (Å²) in [5, 5.41) is 3.17. The number of rotatable bonds is 2. The molecule has 0 aromatic rings. The molecule has 2 fully saturated rings. The molecule has 6 heteroatoms. The van der Waals surface area contributed by atoms with Crippen molar-refractivity contribution in [3.8, 4) is 12.3 Å². The molecule has 2 rings (SSSR count). The van der Waals surface area contributed by atoms with Crippen LogP contribution < -0.4 is 5.32 Å². The Hall–Kier alpha value is -0.610. The van der Waals surface area contributed by atoms with Gasteiger partial charge in [0.05, 0.1) is 6.54 Å². The van der Waals surface area contributed by atoms with Crippen LogP contribution in [-0.4, -0.2) is 55.8 Å². The van der Waals surface area contributed by atoms with Crippen LogP contribution in [0.25, 0.3) is 0 Å². The van der Waals surface area contributed by atoms with E-state index in [1.807, 2.05) is 0 Å². The minimum atomic E-state index is -3.29. The summed E-state index contributed by atoms with van der Waals surface area (Å²) >= 11 is 0. The number of terminal acetylenes is 1. The third-order valence-electron chi connectivity index (χ3n) is 2.90. The van der Waals surface area contributed by atoms with E-state index >= 15 is 0 Å². The minimum absolute atomic E-state index is 0.109. The van der Waals surface area contributed by atoms with E-state index in [1.54, 1.807) is 4.31 Å². The van der Waals surface area contributed by atoms with Crippen molar-refractivity contribution in [3.63, 3.8) is 0 Å². The Morgan fingerprint density at radius 3 is 2.87 bits per heavy atom. The van der Waals surface area contributed by atoms with Crippen molar-refractivity contribution in [2.24, 2.45) is 0 Å². The fourth-order valence-corrected chi connectivity index (χ4v) is 3.82. The Balaban J connectivity index is 2.13. The van der Waals surface area contributed by atoms with Crippen LogP contribution >= 0.6 is 0 Å². The second-order valence-electron chi connectivity index (χ2n) is 3.80. The van der Waals surface area contributed by atoms with Gasteiger partial charge < -0.3 is 5.32 Å². The van der Waals surface area contributed by atoms with Gasteiger partial charge in [-0.25, -0.2) is 0 Å². The highest BCUT2D eigenvalue weighted by molar-refractivity contribution is 7.87. The zero-order chi connectivity index (χ0) is 10.9. The van der Waals surface area contributed by atoms with Crippen LogP contribution in [0.15, 0.2) is 0 Å². The summed E-state index contributed by atoms with van der Waals surface area (Å²) < 4.78 is 26.9. The average Bonchev–Trinajstić information content (AvgIpc) is 2.76. The summed E-state index contributed by atoms with van der Waals surface area (Å²) in [6.45, 7) is 2.91. The maximum Gasteiger partial charge on any atom is 0.283 e. The normalized spacial score (nSPS) is 31.8. The molecule has 0 unspecified atom stereocenters.